The highest BCUT2D eigenvalue weighted by atomic mass is 35.5. The number of nitrogens with two attached hydrogens (primary N) is 1. The summed E-state index contributed by atoms with van der Waals surface area (Å²) in [5, 5.41) is 13.1. The Morgan fingerprint density at radius 2 is 2.05 bits per heavy atom. The second-order valence-electron chi connectivity index (χ2n) is 4.08. The van der Waals surface area contributed by atoms with Crippen molar-refractivity contribution in [2.24, 2.45) is 0 Å². The highest BCUT2D eigenvalue weighted by molar-refractivity contribution is 6.32. The summed E-state index contributed by atoms with van der Waals surface area (Å²) in [4.78, 5) is 22.1. The van der Waals surface area contributed by atoms with Crippen LogP contribution in [-0.4, -0.2) is 10.8 Å². The Kier molecular flexibility index (Phi) is 4.04. The molecule has 0 aliphatic rings. The second-order valence-corrected chi connectivity index (χ2v) is 4.49. The average molecular weight is 310 g/mol. The standard InChI is InChI=1S/C13H9ClFN3O3/c14-9-5-4-7(6-11(9)18(20)21)17-13(19)8-2-1-3-10(15)12(8)16/h1-6H,16H2,(H,17,19). The maximum Gasteiger partial charge on any atom is 0.289 e. The molecule has 0 fully saturated rings. The molecule has 21 heavy (non-hydrogen) atoms. The molecule has 0 aliphatic carbocycles. The van der Waals surface area contributed by atoms with Crippen LogP contribution >= 0.6 is 11.6 Å². The van der Waals surface area contributed by atoms with Gasteiger partial charge in [0.1, 0.15) is 10.8 Å². The molecule has 0 aliphatic heterocycles. The van der Waals surface area contributed by atoms with Gasteiger partial charge in [-0.3, -0.25) is 14.9 Å². The fourth-order valence-electron chi connectivity index (χ4n) is 1.66. The molecule has 2 aromatic carbocycles. The van der Waals surface area contributed by atoms with Crippen LogP contribution in [0.4, 0.5) is 21.5 Å². The molecular formula is C13H9ClFN3O3. The van der Waals surface area contributed by atoms with Crippen molar-refractivity contribution >= 4 is 34.6 Å². The fourth-order valence-corrected chi connectivity index (χ4v) is 1.85. The first-order chi connectivity index (χ1) is 9.90. The summed E-state index contributed by atoms with van der Waals surface area (Å²) >= 11 is 5.67. The Hall–Kier alpha value is -2.67. The molecule has 1 amide bonds. The maximum absolute atomic E-state index is 13.3. The van der Waals surface area contributed by atoms with Gasteiger partial charge < -0.3 is 11.1 Å². The minimum absolute atomic E-state index is 0.0525. The van der Waals surface area contributed by atoms with Crippen molar-refractivity contribution in [1.29, 1.82) is 0 Å². The first-order valence-electron chi connectivity index (χ1n) is 5.69. The Balaban J connectivity index is 2.30. The van der Waals surface area contributed by atoms with Gasteiger partial charge in [-0.25, -0.2) is 4.39 Å². The van der Waals surface area contributed by atoms with Crippen molar-refractivity contribution < 1.29 is 14.1 Å². The number of halogens is 2. The zero-order valence-electron chi connectivity index (χ0n) is 10.5. The average Bonchev–Trinajstić information content (AvgIpc) is 2.43. The van der Waals surface area contributed by atoms with Crippen LogP contribution in [-0.2, 0) is 0 Å². The molecule has 0 saturated carbocycles. The largest absolute Gasteiger partial charge is 0.396 e. The van der Waals surface area contributed by atoms with Gasteiger partial charge in [0.25, 0.3) is 11.6 Å². The zero-order chi connectivity index (χ0) is 15.6. The normalized spacial score (nSPS) is 10.2. The number of rotatable bonds is 3. The highest BCUT2D eigenvalue weighted by Crippen LogP contribution is 2.28. The van der Waals surface area contributed by atoms with E-state index in [0.717, 1.165) is 12.1 Å². The van der Waals surface area contributed by atoms with E-state index in [4.69, 9.17) is 17.3 Å². The third-order valence-electron chi connectivity index (χ3n) is 2.70. The molecular weight excluding hydrogens is 301 g/mol. The van der Waals surface area contributed by atoms with Crippen LogP contribution in [0.1, 0.15) is 10.4 Å². The Bertz CT molecular complexity index is 737. The second kappa shape index (κ2) is 5.76. The lowest BCUT2D eigenvalue weighted by atomic mass is 10.1. The minimum Gasteiger partial charge on any atom is -0.396 e. The number of nitro benzene ring substituents is 1. The Morgan fingerprint density at radius 3 is 2.71 bits per heavy atom. The van der Waals surface area contributed by atoms with Gasteiger partial charge in [-0.1, -0.05) is 17.7 Å². The molecule has 3 N–H and O–H groups in total. The minimum atomic E-state index is -0.718. The predicted molar refractivity (Wildman–Crippen MR) is 76.9 cm³/mol. The molecule has 6 nitrogen and oxygen atoms in total. The number of carbonyl (C=O) groups is 1. The van der Waals surface area contributed by atoms with Gasteiger partial charge in [0.15, 0.2) is 0 Å². The van der Waals surface area contributed by atoms with Gasteiger partial charge in [-0.2, -0.15) is 0 Å². The first-order valence-corrected chi connectivity index (χ1v) is 6.07. The summed E-state index contributed by atoms with van der Waals surface area (Å²) in [5.74, 6) is -1.40. The van der Waals surface area contributed by atoms with Crippen molar-refractivity contribution in [2.45, 2.75) is 0 Å². The summed E-state index contributed by atoms with van der Waals surface area (Å²) in [6.07, 6.45) is 0. The molecule has 2 rings (SSSR count). The number of nitrogens with zero attached hydrogens (tertiary/aromatic N) is 1. The summed E-state index contributed by atoms with van der Waals surface area (Å²) < 4.78 is 13.3. The third-order valence-corrected chi connectivity index (χ3v) is 3.02. The molecule has 0 radical (unpaired) electrons. The Labute approximate surface area is 123 Å². The van der Waals surface area contributed by atoms with E-state index >= 15 is 0 Å². The smallest absolute Gasteiger partial charge is 0.289 e. The van der Waals surface area contributed by atoms with E-state index in [2.05, 4.69) is 5.32 Å². The van der Waals surface area contributed by atoms with E-state index in [1.807, 2.05) is 0 Å². The van der Waals surface area contributed by atoms with Gasteiger partial charge in [0.05, 0.1) is 16.2 Å². The molecule has 0 saturated heterocycles. The molecule has 0 spiro atoms. The Morgan fingerprint density at radius 1 is 1.33 bits per heavy atom. The number of hydrogen-bond donors (Lipinski definition) is 2. The van der Waals surface area contributed by atoms with Crippen molar-refractivity contribution in [3.63, 3.8) is 0 Å². The van der Waals surface area contributed by atoms with Crippen LogP contribution in [0.15, 0.2) is 36.4 Å². The maximum atomic E-state index is 13.3. The topological polar surface area (TPSA) is 98.3 Å². The van der Waals surface area contributed by atoms with Crippen molar-refractivity contribution in [1.82, 2.24) is 0 Å². The van der Waals surface area contributed by atoms with Gasteiger partial charge in [-0.05, 0) is 24.3 Å². The highest BCUT2D eigenvalue weighted by Gasteiger charge is 2.16. The number of anilines is 2. The number of benzene rings is 2. The van der Waals surface area contributed by atoms with E-state index in [-0.39, 0.29) is 27.6 Å². The summed E-state index contributed by atoms with van der Waals surface area (Å²) in [5.41, 5.74) is 4.93. The predicted octanol–water partition coefficient (Wildman–Crippen LogP) is 3.22. The molecule has 0 aromatic heterocycles. The fraction of sp³-hybridized carbons (Fsp3) is 0. The van der Waals surface area contributed by atoms with Crippen molar-refractivity contribution in [3.05, 3.63) is 62.9 Å². The van der Waals surface area contributed by atoms with E-state index in [1.165, 1.54) is 24.3 Å². The van der Waals surface area contributed by atoms with Crippen LogP contribution < -0.4 is 11.1 Å². The number of nitrogen functional groups attached to an aromatic ring is 1. The molecule has 0 bridgehead atoms. The van der Waals surface area contributed by atoms with E-state index in [0.29, 0.717) is 0 Å². The summed E-state index contributed by atoms with van der Waals surface area (Å²) in [7, 11) is 0. The van der Waals surface area contributed by atoms with Crippen LogP contribution in [0, 0.1) is 15.9 Å². The lowest BCUT2D eigenvalue weighted by Gasteiger charge is -2.08. The number of amides is 1. The number of nitrogens with one attached hydrogen (secondary N) is 1. The zero-order valence-corrected chi connectivity index (χ0v) is 11.2. The molecule has 108 valence electrons. The van der Waals surface area contributed by atoms with E-state index < -0.39 is 16.6 Å². The van der Waals surface area contributed by atoms with Crippen molar-refractivity contribution in [2.75, 3.05) is 11.1 Å². The number of hydrogen-bond acceptors (Lipinski definition) is 4. The monoisotopic (exact) mass is 309 g/mol. The summed E-state index contributed by atoms with van der Waals surface area (Å²) in [6.45, 7) is 0. The van der Waals surface area contributed by atoms with Crippen LogP contribution in [0.5, 0.6) is 0 Å². The lowest BCUT2D eigenvalue weighted by Crippen LogP contribution is -2.14. The lowest BCUT2D eigenvalue weighted by molar-refractivity contribution is -0.384. The molecule has 2 aromatic rings. The molecule has 0 atom stereocenters. The number of para-hydroxylation sites is 1. The number of carbonyl (C=O) groups excluding carboxylic acids is 1. The van der Waals surface area contributed by atoms with Gasteiger partial charge in [0.2, 0.25) is 0 Å². The first kappa shape index (κ1) is 14.7. The van der Waals surface area contributed by atoms with Gasteiger partial charge in [0, 0.05) is 11.8 Å². The van der Waals surface area contributed by atoms with Crippen molar-refractivity contribution in [3.8, 4) is 0 Å². The number of nitro groups is 1. The SMILES string of the molecule is Nc1c(F)cccc1C(=O)Nc1ccc(Cl)c([N+](=O)[O-])c1. The summed E-state index contributed by atoms with van der Waals surface area (Å²) in [6, 6.07) is 7.59. The van der Waals surface area contributed by atoms with Gasteiger partial charge >= 0.3 is 0 Å². The molecule has 0 heterocycles. The molecule has 0 unspecified atom stereocenters. The quantitative estimate of drug-likeness (QED) is 0.516. The van der Waals surface area contributed by atoms with Crippen LogP contribution in [0.3, 0.4) is 0 Å². The van der Waals surface area contributed by atoms with Crippen LogP contribution in [0.25, 0.3) is 0 Å². The third kappa shape index (κ3) is 3.09. The van der Waals surface area contributed by atoms with Gasteiger partial charge in [-0.15, -0.1) is 0 Å². The van der Waals surface area contributed by atoms with E-state index in [1.54, 1.807) is 0 Å². The van der Waals surface area contributed by atoms with E-state index in [9.17, 15) is 19.3 Å². The van der Waals surface area contributed by atoms with Crippen LogP contribution in [0.2, 0.25) is 5.02 Å². The molecule has 8 heteroatoms.